The molecular formula is C11H12ClN3O2S. The summed E-state index contributed by atoms with van der Waals surface area (Å²) in [6.45, 7) is 1.85. The van der Waals surface area contributed by atoms with Crippen molar-refractivity contribution in [2.45, 2.75) is 11.9 Å². The van der Waals surface area contributed by atoms with Gasteiger partial charge in [0.1, 0.15) is 0 Å². The summed E-state index contributed by atoms with van der Waals surface area (Å²) in [6.07, 6.45) is 1.44. The Balaban J connectivity index is 2.63. The third kappa shape index (κ3) is 2.27. The second kappa shape index (κ2) is 4.72. The first-order chi connectivity index (χ1) is 8.45. The topological polar surface area (TPSA) is 64.0 Å². The van der Waals surface area contributed by atoms with Crippen molar-refractivity contribution in [3.63, 3.8) is 0 Å². The van der Waals surface area contributed by atoms with Gasteiger partial charge in [0.05, 0.1) is 11.9 Å². The lowest BCUT2D eigenvalue weighted by Crippen LogP contribution is -2.22. The first-order valence-electron chi connectivity index (χ1n) is 5.20. The summed E-state index contributed by atoms with van der Waals surface area (Å²) in [5.41, 5.74) is 1.52. The van der Waals surface area contributed by atoms with Gasteiger partial charge in [0.2, 0.25) is 0 Å². The molecule has 0 amide bonds. The molecule has 1 heterocycles. The molecule has 7 heteroatoms. The van der Waals surface area contributed by atoms with E-state index in [0.29, 0.717) is 10.7 Å². The van der Waals surface area contributed by atoms with Crippen LogP contribution in [-0.4, -0.2) is 25.2 Å². The number of aryl methyl sites for hydroxylation is 1. The zero-order valence-corrected chi connectivity index (χ0v) is 11.5. The van der Waals surface area contributed by atoms with E-state index in [0.717, 1.165) is 5.56 Å². The molecule has 1 aromatic carbocycles. The molecule has 18 heavy (non-hydrogen) atoms. The Bertz CT molecular complexity index is 679. The molecule has 0 aliphatic rings. The van der Waals surface area contributed by atoms with Crippen LogP contribution in [0, 0.1) is 6.92 Å². The highest BCUT2D eigenvalue weighted by Gasteiger charge is 2.19. The highest BCUT2D eigenvalue weighted by Crippen LogP contribution is 2.21. The third-order valence-corrected chi connectivity index (χ3v) is 4.17. The quantitative estimate of drug-likeness (QED) is 0.934. The van der Waals surface area contributed by atoms with Crippen LogP contribution in [0.2, 0.25) is 5.02 Å². The minimum Gasteiger partial charge on any atom is -0.220 e. The Morgan fingerprint density at radius 2 is 2.06 bits per heavy atom. The van der Waals surface area contributed by atoms with Crippen molar-refractivity contribution in [3.8, 4) is 5.69 Å². The van der Waals surface area contributed by atoms with Gasteiger partial charge in [0, 0.05) is 5.02 Å². The van der Waals surface area contributed by atoms with Crippen LogP contribution in [0.5, 0.6) is 0 Å². The standard InChI is InChI=1S/C11H12ClN3O2S/c1-8-7-9(12)3-4-10(8)15-11(5-6-14-15)18(16,17)13-2/h3-7,13H,1-2H3. The van der Waals surface area contributed by atoms with Crippen molar-refractivity contribution in [1.82, 2.24) is 14.5 Å². The van der Waals surface area contributed by atoms with Gasteiger partial charge in [-0.25, -0.2) is 17.8 Å². The lowest BCUT2D eigenvalue weighted by molar-refractivity contribution is 0.578. The van der Waals surface area contributed by atoms with Gasteiger partial charge < -0.3 is 0 Å². The van der Waals surface area contributed by atoms with E-state index in [-0.39, 0.29) is 5.03 Å². The SMILES string of the molecule is CNS(=O)(=O)c1ccnn1-c1ccc(Cl)cc1C. The number of rotatable bonds is 3. The van der Waals surface area contributed by atoms with Crippen LogP contribution in [0.3, 0.4) is 0 Å². The fourth-order valence-corrected chi connectivity index (χ4v) is 2.69. The van der Waals surface area contributed by atoms with Crippen molar-refractivity contribution < 1.29 is 8.42 Å². The first-order valence-corrected chi connectivity index (χ1v) is 7.06. The molecule has 0 radical (unpaired) electrons. The molecule has 0 aliphatic carbocycles. The van der Waals surface area contributed by atoms with Crippen molar-refractivity contribution >= 4 is 21.6 Å². The van der Waals surface area contributed by atoms with Gasteiger partial charge in [0.15, 0.2) is 5.03 Å². The molecule has 1 aromatic heterocycles. The van der Waals surface area contributed by atoms with Gasteiger partial charge in [-0.3, -0.25) is 0 Å². The summed E-state index contributed by atoms with van der Waals surface area (Å²) in [6, 6.07) is 6.63. The second-order valence-electron chi connectivity index (χ2n) is 3.72. The summed E-state index contributed by atoms with van der Waals surface area (Å²) in [5, 5.41) is 4.74. The fraction of sp³-hybridized carbons (Fsp3) is 0.182. The Morgan fingerprint density at radius 3 is 2.67 bits per heavy atom. The predicted molar refractivity (Wildman–Crippen MR) is 69.6 cm³/mol. The lowest BCUT2D eigenvalue weighted by atomic mass is 10.2. The molecule has 0 atom stereocenters. The molecule has 0 aliphatic heterocycles. The highest BCUT2D eigenvalue weighted by atomic mass is 35.5. The van der Waals surface area contributed by atoms with E-state index >= 15 is 0 Å². The maximum Gasteiger partial charge on any atom is 0.257 e. The molecule has 0 bridgehead atoms. The molecule has 2 aromatic rings. The van der Waals surface area contributed by atoms with E-state index < -0.39 is 10.0 Å². The van der Waals surface area contributed by atoms with E-state index in [4.69, 9.17) is 11.6 Å². The molecule has 0 fully saturated rings. The minimum absolute atomic E-state index is 0.0930. The molecule has 0 saturated heterocycles. The Morgan fingerprint density at radius 1 is 1.33 bits per heavy atom. The van der Waals surface area contributed by atoms with Crippen molar-refractivity contribution in [2.75, 3.05) is 7.05 Å². The average molecular weight is 286 g/mol. The molecule has 0 spiro atoms. The van der Waals surface area contributed by atoms with Crippen LogP contribution in [0.4, 0.5) is 0 Å². The summed E-state index contributed by atoms with van der Waals surface area (Å²) < 4.78 is 27.3. The van der Waals surface area contributed by atoms with Crippen LogP contribution in [0.25, 0.3) is 5.69 Å². The van der Waals surface area contributed by atoms with E-state index in [2.05, 4.69) is 9.82 Å². The summed E-state index contributed by atoms with van der Waals surface area (Å²) in [5.74, 6) is 0. The number of benzene rings is 1. The number of hydrogen-bond donors (Lipinski definition) is 1. The van der Waals surface area contributed by atoms with Crippen LogP contribution in [0.15, 0.2) is 35.5 Å². The lowest BCUT2D eigenvalue weighted by Gasteiger charge is -2.10. The molecule has 0 saturated carbocycles. The summed E-state index contributed by atoms with van der Waals surface area (Å²) in [4.78, 5) is 0. The minimum atomic E-state index is -3.54. The number of hydrogen-bond acceptors (Lipinski definition) is 3. The molecule has 96 valence electrons. The zero-order chi connectivity index (χ0) is 13.3. The van der Waals surface area contributed by atoms with Crippen molar-refractivity contribution in [2.24, 2.45) is 0 Å². The molecule has 0 unspecified atom stereocenters. The number of halogens is 1. The number of nitrogens with zero attached hydrogens (tertiary/aromatic N) is 2. The predicted octanol–water partition coefficient (Wildman–Crippen LogP) is 1.74. The van der Waals surface area contributed by atoms with Crippen molar-refractivity contribution in [1.29, 1.82) is 0 Å². The zero-order valence-electron chi connectivity index (χ0n) is 9.88. The van der Waals surface area contributed by atoms with Gasteiger partial charge in [-0.05, 0) is 43.8 Å². The monoisotopic (exact) mass is 285 g/mol. The summed E-state index contributed by atoms with van der Waals surface area (Å²) in [7, 11) is -2.18. The van der Waals surface area contributed by atoms with Crippen LogP contribution < -0.4 is 4.72 Å². The molecule has 2 rings (SSSR count). The van der Waals surface area contributed by atoms with Gasteiger partial charge in [-0.2, -0.15) is 5.10 Å². The maximum atomic E-state index is 11.8. The van der Waals surface area contributed by atoms with Gasteiger partial charge >= 0.3 is 0 Å². The van der Waals surface area contributed by atoms with Crippen molar-refractivity contribution in [3.05, 3.63) is 41.0 Å². The Labute approximate surface area is 110 Å². The Hall–Kier alpha value is -1.37. The van der Waals surface area contributed by atoms with E-state index in [9.17, 15) is 8.42 Å². The molecule has 5 nitrogen and oxygen atoms in total. The number of aromatic nitrogens is 2. The van der Waals surface area contributed by atoms with Gasteiger partial charge in [0.25, 0.3) is 10.0 Å². The largest absolute Gasteiger partial charge is 0.257 e. The Kier molecular flexibility index (Phi) is 3.43. The maximum absolute atomic E-state index is 11.8. The number of sulfonamides is 1. The van der Waals surface area contributed by atoms with Crippen LogP contribution in [-0.2, 0) is 10.0 Å². The van der Waals surface area contributed by atoms with Gasteiger partial charge in [-0.15, -0.1) is 0 Å². The van der Waals surface area contributed by atoms with E-state index in [1.165, 1.54) is 24.0 Å². The van der Waals surface area contributed by atoms with Crippen LogP contribution >= 0.6 is 11.6 Å². The normalized spacial score (nSPS) is 11.7. The first kappa shape index (κ1) is 13.1. The number of nitrogens with one attached hydrogen (secondary N) is 1. The molecule has 1 N–H and O–H groups in total. The van der Waals surface area contributed by atoms with E-state index in [1.807, 2.05) is 6.92 Å². The van der Waals surface area contributed by atoms with Gasteiger partial charge in [-0.1, -0.05) is 11.6 Å². The third-order valence-electron chi connectivity index (χ3n) is 2.54. The average Bonchev–Trinajstić information content (AvgIpc) is 2.78. The molecular weight excluding hydrogens is 274 g/mol. The highest BCUT2D eigenvalue weighted by molar-refractivity contribution is 7.89. The van der Waals surface area contributed by atoms with Crippen LogP contribution in [0.1, 0.15) is 5.56 Å². The van der Waals surface area contributed by atoms with E-state index in [1.54, 1.807) is 18.2 Å². The fourth-order valence-electron chi connectivity index (χ4n) is 1.64. The smallest absolute Gasteiger partial charge is 0.220 e. The summed E-state index contributed by atoms with van der Waals surface area (Å²) >= 11 is 5.88. The second-order valence-corrected chi connectivity index (χ2v) is 5.99.